The van der Waals surface area contributed by atoms with Crippen LogP contribution in [0.5, 0.6) is 0 Å². The molecular weight excluding hydrogens is 559 g/mol. The first-order chi connectivity index (χ1) is 16.8. The van der Waals surface area contributed by atoms with Crippen LogP contribution in [-0.4, -0.2) is 16.6 Å². The maximum atomic E-state index is 13.4. The molecule has 2 aliphatic rings. The molecular formula is C29H24F2INO2. The Morgan fingerprint density at radius 1 is 0.800 bits per heavy atom. The van der Waals surface area contributed by atoms with Gasteiger partial charge in [-0.15, -0.1) is 0 Å². The number of Topliss-reactive ketones (excluding diaryl/α,β-unsaturated/α-hetero) is 2. The van der Waals surface area contributed by atoms with E-state index in [1.807, 2.05) is 32.0 Å². The van der Waals surface area contributed by atoms with Crippen LogP contribution in [0.3, 0.4) is 0 Å². The largest absolute Gasteiger partial charge is 0.289 e. The second-order valence-corrected chi connectivity index (χ2v) is 9.51. The quantitative estimate of drug-likeness (QED) is 0.301. The van der Waals surface area contributed by atoms with Crippen molar-refractivity contribution in [2.75, 3.05) is 0 Å². The molecule has 0 N–H and O–H groups in total. The van der Waals surface area contributed by atoms with Gasteiger partial charge in [0.05, 0.1) is 9.27 Å². The molecule has 0 unspecified atom stereocenters. The summed E-state index contributed by atoms with van der Waals surface area (Å²) in [6, 6.07) is 14.4. The highest BCUT2D eigenvalue weighted by atomic mass is 127. The predicted molar refractivity (Wildman–Crippen MR) is 142 cm³/mol. The van der Waals surface area contributed by atoms with Crippen molar-refractivity contribution in [2.45, 2.75) is 39.5 Å². The Bertz CT molecular complexity index is 1380. The molecule has 0 saturated heterocycles. The Morgan fingerprint density at radius 2 is 1.37 bits per heavy atom. The second-order valence-electron chi connectivity index (χ2n) is 8.43. The van der Waals surface area contributed by atoms with Gasteiger partial charge < -0.3 is 0 Å². The summed E-state index contributed by atoms with van der Waals surface area (Å²) in [4.78, 5) is 28.9. The van der Waals surface area contributed by atoms with E-state index in [-0.39, 0.29) is 23.2 Å². The summed E-state index contributed by atoms with van der Waals surface area (Å²) in [6.07, 6.45) is 4.79. The van der Waals surface area contributed by atoms with Crippen molar-refractivity contribution in [2.24, 2.45) is 0 Å². The highest BCUT2D eigenvalue weighted by Crippen LogP contribution is 2.34. The van der Waals surface area contributed by atoms with Crippen LogP contribution in [0, 0.1) is 11.6 Å². The molecule has 1 heterocycles. The number of benzene rings is 2. The van der Waals surface area contributed by atoms with E-state index >= 15 is 0 Å². The lowest BCUT2D eigenvalue weighted by molar-refractivity contribution is 0.103. The molecule has 1 aromatic heterocycles. The number of hydrogen-bond acceptors (Lipinski definition) is 3. The fourth-order valence-corrected chi connectivity index (χ4v) is 5.28. The van der Waals surface area contributed by atoms with Crippen molar-refractivity contribution < 1.29 is 18.4 Å². The second kappa shape index (κ2) is 10.7. The van der Waals surface area contributed by atoms with Crippen LogP contribution in [0.25, 0.3) is 5.57 Å². The monoisotopic (exact) mass is 583 g/mol. The van der Waals surface area contributed by atoms with Crippen LogP contribution >= 0.6 is 22.6 Å². The number of fused-ring (bicyclic) bond motifs is 2. The van der Waals surface area contributed by atoms with E-state index in [0.29, 0.717) is 28.8 Å². The molecule has 178 valence electrons. The lowest BCUT2D eigenvalue weighted by Gasteiger charge is -2.21. The SMILES string of the molecule is CCC1=C(I)C(=O)c2cc(F)ccc2C1.CCC1=C(c2ccccn2)C(=O)c2cc(F)ccc2C1. The number of allylic oxidation sites excluding steroid dienone is 4. The topological polar surface area (TPSA) is 47.0 Å². The summed E-state index contributed by atoms with van der Waals surface area (Å²) < 4.78 is 27.2. The molecule has 2 aliphatic carbocycles. The van der Waals surface area contributed by atoms with Gasteiger partial charge in [-0.05, 0) is 101 Å². The molecule has 0 amide bonds. The third-order valence-corrected chi connectivity index (χ3v) is 7.56. The zero-order chi connectivity index (χ0) is 25.1. The molecule has 0 saturated carbocycles. The van der Waals surface area contributed by atoms with Gasteiger partial charge >= 0.3 is 0 Å². The molecule has 2 aromatic carbocycles. The van der Waals surface area contributed by atoms with Gasteiger partial charge in [-0.25, -0.2) is 8.78 Å². The van der Waals surface area contributed by atoms with Gasteiger partial charge in [0.25, 0.3) is 0 Å². The summed E-state index contributed by atoms with van der Waals surface area (Å²) >= 11 is 2.06. The summed E-state index contributed by atoms with van der Waals surface area (Å²) in [5, 5.41) is 0. The molecule has 3 aromatic rings. The number of rotatable bonds is 3. The van der Waals surface area contributed by atoms with Crippen LogP contribution < -0.4 is 0 Å². The maximum absolute atomic E-state index is 13.4. The van der Waals surface area contributed by atoms with E-state index in [2.05, 4.69) is 27.6 Å². The Labute approximate surface area is 217 Å². The van der Waals surface area contributed by atoms with Gasteiger partial charge in [0, 0.05) is 22.9 Å². The average Bonchev–Trinajstić information content (AvgIpc) is 2.87. The number of carbonyl (C=O) groups excluding carboxylic acids is 2. The molecule has 3 nitrogen and oxygen atoms in total. The van der Waals surface area contributed by atoms with Crippen molar-refractivity contribution in [3.8, 4) is 0 Å². The minimum Gasteiger partial charge on any atom is -0.289 e. The molecule has 0 spiro atoms. The first-order valence-electron chi connectivity index (χ1n) is 11.5. The highest BCUT2D eigenvalue weighted by molar-refractivity contribution is 14.1. The first-order valence-corrected chi connectivity index (χ1v) is 12.6. The van der Waals surface area contributed by atoms with Crippen molar-refractivity contribution >= 4 is 39.7 Å². The first kappa shape index (κ1) is 25.1. The van der Waals surface area contributed by atoms with Gasteiger partial charge in [-0.1, -0.05) is 37.6 Å². The molecule has 35 heavy (non-hydrogen) atoms. The van der Waals surface area contributed by atoms with Gasteiger partial charge in [-0.3, -0.25) is 14.6 Å². The van der Waals surface area contributed by atoms with Crippen LogP contribution in [0.1, 0.15) is 64.2 Å². The van der Waals surface area contributed by atoms with Gasteiger partial charge in [0.2, 0.25) is 0 Å². The Kier molecular flexibility index (Phi) is 7.69. The van der Waals surface area contributed by atoms with E-state index in [0.717, 1.165) is 45.1 Å². The number of aromatic nitrogens is 1. The van der Waals surface area contributed by atoms with Crippen molar-refractivity contribution in [1.82, 2.24) is 4.98 Å². The van der Waals surface area contributed by atoms with Crippen LogP contribution in [0.2, 0.25) is 0 Å². The predicted octanol–water partition coefficient (Wildman–Crippen LogP) is 7.49. The smallest absolute Gasteiger partial charge is 0.199 e. The molecule has 0 bridgehead atoms. The normalized spacial score (nSPS) is 14.9. The number of nitrogens with zero attached hydrogens (tertiary/aromatic N) is 1. The third-order valence-electron chi connectivity index (χ3n) is 6.31. The van der Waals surface area contributed by atoms with E-state index in [1.165, 1.54) is 24.3 Å². The Morgan fingerprint density at radius 3 is 1.91 bits per heavy atom. The van der Waals surface area contributed by atoms with Crippen molar-refractivity contribution in [3.05, 3.63) is 115 Å². The van der Waals surface area contributed by atoms with Crippen molar-refractivity contribution in [3.63, 3.8) is 0 Å². The van der Waals surface area contributed by atoms with Gasteiger partial charge in [-0.2, -0.15) is 0 Å². The molecule has 6 heteroatoms. The number of ketones is 2. The molecule has 0 atom stereocenters. The minimum absolute atomic E-state index is 0.0341. The Balaban J connectivity index is 0.000000172. The van der Waals surface area contributed by atoms with Gasteiger partial charge in [0.1, 0.15) is 11.6 Å². The molecule has 5 rings (SSSR count). The fraction of sp³-hybridized carbons (Fsp3) is 0.207. The summed E-state index contributed by atoms with van der Waals surface area (Å²) in [5.74, 6) is -0.877. The van der Waals surface area contributed by atoms with Crippen molar-refractivity contribution in [1.29, 1.82) is 0 Å². The van der Waals surface area contributed by atoms with E-state index in [4.69, 9.17) is 0 Å². The molecule has 0 fully saturated rings. The van der Waals surface area contributed by atoms with Crippen LogP contribution in [0.15, 0.2) is 75.5 Å². The molecule has 0 aliphatic heterocycles. The summed E-state index contributed by atoms with van der Waals surface area (Å²) in [5.41, 5.74) is 6.34. The Hall–Kier alpha value is -3.00. The number of hydrogen-bond donors (Lipinski definition) is 0. The zero-order valence-corrected chi connectivity index (χ0v) is 21.7. The van der Waals surface area contributed by atoms with Gasteiger partial charge in [0.15, 0.2) is 11.6 Å². The van der Waals surface area contributed by atoms with Crippen LogP contribution in [0.4, 0.5) is 8.78 Å². The van der Waals surface area contributed by atoms with E-state index in [1.54, 1.807) is 18.3 Å². The minimum atomic E-state index is -0.377. The number of pyridine rings is 1. The number of halogens is 3. The van der Waals surface area contributed by atoms with E-state index in [9.17, 15) is 18.4 Å². The zero-order valence-electron chi connectivity index (χ0n) is 19.5. The van der Waals surface area contributed by atoms with E-state index < -0.39 is 0 Å². The maximum Gasteiger partial charge on any atom is 0.199 e. The number of carbonyl (C=O) groups is 2. The third kappa shape index (κ3) is 5.17. The van der Waals surface area contributed by atoms with Crippen LogP contribution in [-0.2, 0) is 12.8 Å². The average molecular weight is 583 g/mol. The molecule has 0 radical (unpaired) electrons. The fourth-order valence-electron chi connectivity index (χ4n) is 4.42. The lowest BCUT2D eigenvalue weighted by Crippen LogP contribution is -2.16. The summed E-state index contributed by atoms with van der Waals surface area (Å²) in [6.45, 7) is 4.07. The lowest BCUT2D eigenvalue weighted by atomic mass is 9.82. The standard InChI is InChI=1S/C17H14FNO.C12H10FIO/c1-2-11-9-12-6-7-13(18)10-14(12)17(20)16(11)15-5-3-4-8-19-15;1-2-7-5-8-3-4-9(13)6-10(8)12(15)11(7)14/h3-8,10H,2,9H2,1H3;3-4,6H,2,5H2,1H3. The highest BCUT2D eigenvalue weighted by Gasteiger charge is 2.27. The summed E-state index contributed by atoms with van der Waals surface area (Å²) in [7, 11) is 0.